The molecule has 1 aliphatic rings. The number of nitrogens with zero attached hydrogens (tertiary/aromatic N) is 8. The highest BCUT2D eigenvalue weighted by molar-refractivity contribution is 5.95. The average Bonchev–Trinajstić information content (AvgIpc) is 3.53. The van der Waals surface area contributed by atoms with Crippen LogP contribution < -0.4 is 20.9 Å². The lowest BCUT2D eigenvalue weighted by atomic mass is 10.0. The second-order valence-corrected chi connectivity index (χ2v) is 11.6. The maximum Gasteiger partial charge on any atom is 0.269 e. The minimum atomic E-state index is -0.288. The Kier molecular flexibility index (Phi) is 11.1. The zero-order valence-electron chi connectivity index (χ0n) is 25.4. The van der Waals surface area contributed by atoms with Gasteiger partial charge in [0.05, 0.1) is 0 Å². The molecule has 2 aromatic heterocycles. The molecule has 1 fully saturated rings. The maximum atomic E-state index is 13.0. The van der Waals surface area contributed by atoms with Crippen molar-refractivity contribution in [2.75, 3.05) is 23.1 Å². The fourth-order valence-corrected chi connectivity index (χ4v) is 5.27. The minimum Gasteiger partial charge on any atom is -0.273 e. The van der Waals surface area contributed by atoms with E-state index in [1.807, 2.05) is 39.0 Å². The molecule has 12 nitrogen and oxygen atoms in total. The molecule has 1 unspecified atom stereocenters. The zero-order valence-corrected chi connectivity index (χ0v) is 25.4. The third-order valence-corrected chi connectivity index (χ3v) is 7.24. The summed E-state index contributed by atoms with van der Waals surface area (Å²) in [5.41, 5.74) is 7.03. The molecule has 44 heavy (non-hydrogen) atoms. The predicted octanol–water partition coefficient (Wildman–Crippen LogP) is 4.11. The van der Waals surface area contributed by atoms with Gasteiger partial charge in [-0.25, -0.2) is 9.97 Å². The van der Waals surface area contributed by atoms with Crippen molar-refractivity contribution >= 4 is 23.5 Å². The van der Waals surface area contributed by atoms with E-state index < -0.39 is 0 Å². The van der Waals surface area contributed by atoms with Gasteiger partial charge in [0.1, 0.15) is 12.1 Å². The van der Waals surface area contributed by atoms with E-state index in [2.05, 4.69) is 30.8 Å². The number of hydrogen-bond acceptors (Lipinski definition) is 10. The van der Waals surface area contributed by atoms with Gasteiger partial charge in [0.25, 0.3) is 5.91 Å². The van der Waals surface area contributed by atoms with Gasteiger partial charge < -0.3 is 0 Å². The van der Waals surface area contributed by atoms with Crippen LogP contribution >= 0.6 is 0 Å². The van der Waals surface area contributed by atoms with Gasteiger partial charge in [-0.2, -0.15) is 20.5 Å². The lowest BCUT2D eigenvalue weighted by Crippen LogP contribution is -2.46. The number of carbonyl (C=O) groups excluding carboxylic acids is 2. The van der Waals surface area contributed by atoms with Crippen LogP contribution in [0.25, 0.3) is 0 Å². The third-order valence-electron chi connectivity index (χ3n) is 7.24. The molecule has 1 saturated carbocycles. The SMILES string of the molecule is CC(C)CN(NC(=O)c1ccccc1)c1cc(CC(C)CN(NC(=O)CC2CCCC2)c2ccnc(C#N)n2)nc(C#N)n1. The highest BCUT2D eigenvalue weighted by Crippen LogP contribution is 2.27. The first kappa shape index (κ1) is 31.8. The summed E-state index contributed by atoms with van der Waals surface area (Å²) in [5, 5.41) is 22.4. The van der Waals surface area contributed by atoms with Crippen LogP contribution in [-0.4, -0.2) is 44.8 Å². The van der Waals surface area contributed by atoms with Crippen molar-refractivity contribution in [3.63, 3.8) is 0 Å². The second-order valence-electron chi connectivity index (χ2n) is 11.6. The van der Waals surface area contributed by atoms with E-state index in [0.717, 1.165) is 25.7 Å². The van der Waals surface area contributed by atoms with Crippen molar-refractivity contribution in [1.82, 2.24) is 30.8 Å². The number of amides is 2. The molecule has 1 atom stereocenters. The Morgan fingerprint density at radius 3 is 2.27 bits per heavy atom. The molecule has 1 aromatic carbocycles. The Labute approximate surface area is 258 Å². The van der Waals surface area contributed by atoms with E-state index in [1.54, 1.807) is 46.4 Å². The van der Waals surface area contributed by atoms with Crippen molar-refractivity contribution in [3.8, 4) is 12.1 Å². The van der Waals surface area contributed by atoms with Crippen molar-refractivity contribution in [3.05, 3.63) is 71.6 Å². The normalized spacial score (nSPS) is 13.5. The van der Waals surface area contributed by atoms with Crippen molar-refractivity contribution in [1.29, 1.82) is 10.5 Å². The molecule has 3 aromatic rings. The van der Waals surface area contributed by atoms with Gasteiger partial charge in [-0.1, -0.05) is 51.8 Å². The van der Waals surface area contributed by atoms with Crippen LogP contribution in [-0.2, 0) is 11.2 Å². The van der Waals surface area contributed by atoms with E-state index in [0.29, 0.717) is 54.7 Å². The number of aromatic nitrogens is 4. The molecule has 12 heteroatoms. The van der Waals surface area contributed by atoms with Crippen molar-refractivity contribution in [2.45, 2.75) is 59.3 Å². The summed E-state index contributed by atoms with van der Waals surface area (Å²) in [6.07, 6.45) is 6.75. The monoisotopic (exact) mass is 594 g/mol. The van der Waals surface area contributed by atoms with Gasteiger partial charge >= 0.3 is 0 Å². The van der Waals surface area contributed by atoms with Crippen LogP contribution in [0.5, 0.6) is 0 Å². The van der Waals surface area contributed by atoms with Gasteiger partial charge in [-0.15, -0.1) is 0 Å². The molecule has 2 amide bonds. The minimum absolute atomic E-state index is 0.00657. The molecule has 0 spiro atoms. The number of anilines is 2. The van der Waals surface area contributed by atoms with Crippen molar-refractivity contribution < 1.29 is 9.59 Å². The van der Waals surface area contributed by atoms with Gasteiger partial charge in [0.2, 0.25) is 17.6 Å². The smallest absolute Gasteiger partial charge is 0.269 e. The fourth-order valence-electron chi connectivity index (χ4n) is 5.27. The van der Waals surface area contributed by atoms with Crippen molar-refractivity contribution in [2.24, 2.45) is 17.8 Å². The molecular formula is C32H38N10O2. The number of nitriles is 2. The summed E-state index contributed by atoms with van der Waals surface area (Å²) in [5.74, 6) is 0.907. The van der Waals surface area contributed by atoms with E-state index in [-0.39, 0.29) is 35.3 Å². The van der Waals surface area contributed by atoms with E-state index in [1.165, 1.54) is 6.20 Å². The molecular weight excluding hydrogens is 556 g/mol. The quantitative estimate of drug-likeness (QED) is 0.275. The number of rotatable bonds is 13. The summed E-state index contributed by atoms with van der Waals surface area (Å²) >= 11 is 0. The van der Waals surface area contributed by atoms with Crippen LogP contribution in [0.15, 0.2) is 48.7 Å². The lowest BCUT2D eigenvalue weighted by Gasteiger charge is -2.28. The Morgan fingerprint density at radius 2 is 1.59 bits per heavy atom. The second kappa shape index (κ2) is 15.4. The molecule has 1 aliphatic carbocycles. The molecule has 228 valence electrons. The van der Waals surface area contributed by atoms with Crippen LogP contribution in [0.3, 0.4) is 0 Å². The number of hydrazine groups is 2. The van der Waals surface area contributed by atoms with Gasteiger partial charge in [0, 0.05) is 49.1 Å². The first-order valence-electron chi connectivity index (χ1n) is 15.0. The van der Waals surface area contributed by atoms with Crippen LogP contribution in [0.2, 0.25) is 0 Å². The standard InChI is InChI=1S/C32H38N10O2/c1-22(2)20-41(40-32(44)25-11-5-4-6-12-25)30-17-26(36-28(19-34)38-30)15-23(3)21-42(29-13-14-35-27(18-33)37-29)39-31(43)16-24-9-7-8-10-24/h4-6,11-14,17,22-24H,7-10,15-16,20-21H2,1-3H3,(H,39,43)(H,40,44). The Bertz CT molecular complexity index is 1510. The zero-order chi connectivity index (χ0) is 31.5. The molecule has 2 N–H and O–H groups in total. The lowest BCUT2D eigenvalue weighted by molar-refractivity contribution is -0.122. The predicted molar refractivity (Wildman–Crippen MR) is 165 cm³/mol. The highest BCUT2D eigenvalue weighted by Gasteiger charge is 2.23. The summed E-state index contributed by atoms with van der Waals surface area (Å²) in [4.78, 5) is 43.1. The topological polar surface area (TPSA) is 164 Å². The van der Waals surface area contributed by atoms with E-state index in [4.69, 9.17) is 0 Å². The number of benzene rings is 1. The Morgan fingerprint density at radius 1 is 0.909 bits per heavy atom. The van der Waals surface area contributed by atoms with E-state index >= 15 is 0 Å². The Hall–Kier alpha value is -5.10. The highest BCUT2D eigenvalue weighted by atomic mass is 16.2. The largest absolute Gasteiger partial charge is 0.273 e. The van der Waals surface area contributed by atoms with Gasteiger partial charge in [-0.3, -0.25) is 30.5 Å². The summed E-state index contributed by atoms with van der Waals surface area (Å²) < 4.78 is 0. The van der Waals surface area contributed by atoms with Crippen LogP contribution in [0.4, 0.5) is 11.6 Å². The van der Waals surface area contributed by atoms with Gasteiger partial charge in [-0.05, 0) is 49.1 Å². The molecule has 0 radical (unpaired) electrons. The summed E-state index contributed by atoms with van der Waals surface area (Å²) in [6, 6.07) is 16.3. The summed E-state index contributed by atoms with van der Waals surface area (Å²) in [7, 11) is 0. The molecule has 0 saturated heterocycles. The maximum absolute atomic E-state index is 13.0. The average molecular weight is 595 g/mol. The first-order chi connectivity index (χ1) is 21.2. The number of nitrogens with one attached hydrogen (secondary N) is 2. The first-order valence-corrected chi connectivity index (χ1v) is 15.0. The fraction of sp³-hybridized carbons (Fsp3) is 0.438. The Balaban J connectivity index is 1.53. The molecule has 4 rings (SSSR count). The molecule has 2 heterocycles. The van der Waals surface area contributed by atoms with Gasteiger partial charge in [0.15, 0.2) is 11.6 Å². The van der Waals surface area contributed by atoms with E-state index in [9.17, 15) is 20.1 Å². The molecule has 0 aliphatic heterocycles. The van der Waals surface area contributed by atoms with Crippen LogP contribution in [0, 0.1) is 40.4 Å². The third kappa shape index (κ3) is 9.20. The number of hydrogen-bond donors (Lipinski definition) is 2. The van der Waals surface area contributed by atoms with Crippen LogP contribution in [0.1, 0.15) is 80.6 Å². The molecule has 0 bridgehead atoms. The summed E-state index contributed by atoms with van der Waals surface area (Å²) in [6.45, 7) is 6.87. The number of carbonyl (C=O) groups is 2.